The Bertz CT molecular complexity index is 2140. The number of nitrogens with zero attached hydrogens (tertiary/aromatic N) is 3. The van der Waals surface area contributed by atoms with Crippen LogP contribution in [0.4, 0.5) is 0 Å². The van der Waals surface area contributed by atoms with E-state index in [4.69, 9.17) is 15.7 Å². The molecule has 4 heteroatoms. The fourth-order valence-electron chi connectivity index (χ4n) is 5.80. The van der Waals surface area contributed by atoms with E-state index in [1.807, 2.05) is 30.5 Å². The van der Waals surface area contributed by atoms with Gasteiger partial charge in [0.15, 0.2) is 5.84 Å². The number of allylic oxidation sites excluding steroid dienone is 1. The molecule has 0 saturated heterocycles. The minimum atomic E-state index is 0.421. The van der Waals surface area contributed by atoms with E-state index in [1.165, 1.54) is 22.1 Å². The van der Waals surface area contributed by atoms with Crippen LogP contribution in [-0.2, 0) is 6.42 Å². The molecule has 6 aromatic rings. The number of benzene rings is 5. The van der Waals surface area contributed by atoms with Crippen molar-refractivity contribution in [1.29, 1.82) is 0 Å². The molecule has 0 unspecified atom stereocenters. The first-order valence-corrected chi connectivity index (χ1v) is 14.9. The van der Waals surface area contributed by atoms with E-state index in [-0.39, 0.29) is 0 Å². The van der Waals surface area contributed by atoms with Gasteiger partial charge in [0, 0.05) is 33.8 Å². The summed E-state index contributed by atoms with van der Waals surface area (Å²) in [6, 6.07) is 37.6. The first-order chi connectivity index (χ1) is 21.5. The molecule has 0 bridgehead atoms. The number of fused-ring (bicyclic) bond motifs is 3. The molecule has 2 N–H and O–H groups in total. The summed E-state index contributed by atoms with van der Waals surface area (Å²) in [7, 11) is 0. The molecular formula is C40H32N4. The average Bonchev–Trinajstić information content (AvgIpc) is 3.07. The second kappa shape index (κ2) is 11.6. The molecule has 4 nitrogen and oxygen atoms in total. The zero-order chi connectivity index (χ0) is 30.0. The summed E-state index contributed by atoms with van der Waals surface area (Å²) < 4.78 is 0. The van der Waals surface area contributed by atoms with Crippen LogP contribution in [0.15, 0.2) is 138 Å². The smallest absolute Gasteiger partial charge is 0.162 e. The standard InChI is InChI=1S/C40H32N4/c1-26-12-13-35-24-32(19-20-34(35)23-26)27(2)43-40(44-39(41)36-21-14-28-7-3-4-8-33(28)25-36)31-17-15-29(16-18-31)37-11-5-9-30-10-6-22-42-38(30)37/h3,5-7,9-25H,2,4,8H2,1H3,(H2,41,43,44). The van der Waals surface area contributed by atoms with E-state index in [0.29, 0.717) is 17.4 Å². The number of hydrogen-bond acceptors (Lipinski definition) is 2. The number of aryl methyl sites for hydroxylation is 2. The maximum absolute atomic E-state index is 6.67. The molecular weight excluding hydrogens is 536 g/mol. The maximum atomic E-state index is 6.67. The van der Waals surface area contributed by atoms with E-state index in [2.05, 4.69) is 116 Å². The summed E-state index contributed by atoms with van der Waals surface area (Å²) in [4.78, 5) is 14.5. The second-order valence-corrected chi connectivity index (χ2v) is 11.3. The number of rotatable bonds is 5. The largest absolute Gasteiger partial charge is 0.383 e. The van der Waals surface area contributed by atoms with Crippen LogP contribution >= 0.6 is 0 Å². The van der Waals surface area contributed by atoms with Crippen molar-refractivity contribution in [3.05, 3.63) is 161 Å². The van der Waals surface area contributed by atoms with E-state index in [9.17, 15) is 0 Å². The van der Waals surface area contributed by atoms with Crippen molar-refractivity contribution in [2.45, 2.75) is 19.8 Å². The molecule has 0 saturated carbocycles. The van der Waals surface area contributed by atoms with Crippen molar-refractivity contribution < 1.29 is 0 Å². The number of amidine groups is 2. The summed E-state index contributed by atoms with van der Waals surface area (Å²) in [5.74, 6) is 0.932. The van der Waals surface area contributed by atoms with Crippen LogP contribution in [0.2, 0.25) is 0 Å². The van der Waals surface area contributed by atoms with Crippen molar-refractivity contribution >= 4 is 45.1 Å². The quantitative estimate of drug-likeness (QED) is 0.166. The molecule has 1 aliphatic carbocycles. The minimum Gasteiger partial charge on any atom is -0.383 e. The van der Waals surface area contributed by atoms with Crippen molar-refractivity contribution in [3.63, 3.8) is 0 Å². The summed E-state index contributed by atoms with van der Waals surface area (Å²) >= 11 is 0. The lowest BCUT2D eigenvalue weighted by Crippen LogP contribution is -2.17. The zero-order valence-electron chi connectivity index (χ0n) is 24.7. The molecule has 1 aromatic heterocycles. The molecule has 1 heterocycles. The van der Waals surface area contributed by atoms with Crippen LogP contribution in [0.25, 0.3) is 44.6 Å². The third-order valence-corrected chi connectivity index (χ3v) is 8.20. The Labute approximate surface area is 257 Å². The topological polar surface area (TPSA) is 63.6 Å². The lowest BCUT2D eigenvalue weighted by Gasteiger charge is -2.13. The van der Waals surface area contributed by atoms with Crippen molar-refractivity contribution in [3.8, 4) is 11.1 Å². The lowest BCUT2D eigenvalue weighted by molar-refractivity contribution is 0.985. The van der Waals surface area contributed by atoms with Crippen LogP contribution in [0.1, 0.15) is 39.8 Å². The molecule has 5 aromatic carbocycles. The Morgan fingerprint density at radius 2 is 1.52 bits per heavy atom. The monoisotopic (exact) mass is 568 g/mol. The molecule has 0 amide bonds. The number of aliphatic imine (C=N–C) groups is 2. The average molecular weight is 569 g/mol. The van der Waals surface area contributed by atoms with Crippen molar-refractivity contribution in [1.82, 2.24) is 4.98 Å². The Morgan fingerprint density at radius 3 is 2.41 bits per heavy atom. The third-order valence-electron chi connectivity index (χ3n) is 8.20. The van der Waals surface area contributed by atoms with Gasteiger partial charge in [-0.2, -0.15) is 0 Å². The van der Waals surface area contributed by atoms with Crippen LogP contribution in [0, 0.1) is 6.92 Å². The molecule has 0 atom stereocenters. The fraction of sp³-hybridized carbons (Fsp3) is 0.0750. The summed E-state index contributed by atoms with van der Waals surface area (Å²) in [6.07, 6.45) is 8.24. The highest BCUT2D eigenvalue weighted by Crippen LogP contribution is 2.28. The number of nitrogens with two attached hydrogens (primary N) is 1. The van der Waals surface area contributed by atoms with Crippen LogP contribution in [0.3, 0.4) is 0 Å². The van der Waals surface area contributed by atoms with Crippen molar-refractivity contribution in [2.75, 3.05) is 0 Å². The molecule has 0 radical (unpaired) electrons. The highest BCUT2D eigenvalue weighted by atomic mass is 15.0. The van der Waals surface area contributed by atoms with E-state index in [0.717, 1.165) is 56.9 Å². The van der Waals surface area contributed by atoms with Gasteiger partial charge >= 0.3 is 0 Å². The van der Waals surface area contributed by atoms with Gasteiger partial charge in [-0.25, -0.2) is 9.98 Å². The van der Waals surface area contributed by atoms with Crippen LogP contribution in [-0.4, -0.2) is 16.7 Å². The molecule has 0 fully saturated rings. The van der Waals surface area contributed by atoms with E-state index < -0.39 is 0 Å². The van der Waals surface area contributed by atoms with Gasteiger partial charge in [0.1, 0.15) is 5.84 Å². The van der Waals surface area contributed by atoms with Gasteiger partial charge in [0.05, 0.1) is 11.2 Å². The first-order valence-electron chi connectivity index (χ1n) is 14.9. The van der Waals surface area contributed by atoms with Crippen molar-refractivity contribution in [2.24, 2.45) is 15.7 Å². The van der Waals surface area contributed by atoms with E-state index >= 15 is 0 Å². The number of aromatic nitrogens is 1. The molecule has 212 valence electrons. The first kappa shape index (κ1) is 27.2. The van der Waals surface area contributed by atoms with Crippen LogP contribution < -0.4 is 5.73 Å². The van der Waals surface area contributed by atoms with Gasteiger partial charge in [-0.3, -0.25) is 4.98 Å². The fourth-order valence-corrected chi connectivity index (χ4v) is 5.80. The highest BCUT2D eigenvalue weighted by Gasteiger charge is 2.12. The summed E-state index contributed by atoms with van der Waals surface area (Å²) in [5.41, 5.74) is 16.8. The highest BCUT2D eigenvalue weighted by molar-refractivity contribution is 6.12. The molecule has 7 rings (SSSR count). The van der Waals surface area contributed by atoms with Gasteiger partial charge in [0.2, 0.25) is 0 Å². The zero-order valence-corrected chi connectivity index (χ0v) is 24.7. The number of pyridine rings is 1. The predicted octanol–water partition coefficient (Wildman–Crippen LogP) is 9.15. The Hall–Kier alpha value is -5.61. The lowest BCUT2D eigenvalue weighted by atomic mass is 9.95. The number of para-hydroxylation sites is 1. The molecule has 44 heavy (non-hydrogen) atoms. The molecule has 1 aliphatic rings. The van der Waals surface area contributed by atoms with Gasteiger partial charge in [-0.05, 0) is 65.4 Å². The van der Waals surface area contributed by atoms with Crippen LogP contribution in [0.5, 0.6) is 0 Å². The van der Waals surface area contributed by atoms with E-state index in [1.54, 1.807) is 0 Å². The number of hydrogen-bond donors (Lipinski definition) is 1. The SMILES string of the molecule is C=C(N=C(N=C(N)c1ccc2c(c1)CCC=C2)c1ccc(-c2cccc3cccnc23)cc1)c1ccc2cc(C)ccc2c1. The van der Waals surface area contributed by atoms with Gasteiger partial charge in [-0.15, -0.1) is 0 Å². The Balaban J connectivity index is 1.29. The van der Waals surface area contributed by atoms with Gasteiger partial charge < -0.3 is 5.73 Å². The Kier molecular flexibility index (Phi) is 7.17. The summed E-state index contributed by atoms with van der Waals surface area (Å²) in [6.45, 7) is 6.44. The molecule has 0 aliphatic heterocycles. The second-order valence-electron chi connectivity index (χ2n) is 11.3. The van der Waals surface area contributed by atoms with Gasteiger partial charge in [-0.1, -0.05) is 115 Å². The van der Waals surface area contributed by atoms with Gasteiger partial charge in [0.25, 0.3) is 0 Å². The minimum absolute atomic E-state index is 0.421. The third kappa shape index (κ3) is 5.46. The summed E-state index contributed by atoms with van der Waals surface area (Å²) in [5, 5.41) is 3.44. The Morgan fingerprint density at radius 1 is 0.750 bits per heavy atom. The molecule has 0 spiro atoms. The normalized spacial score (nSPS) is 13.3. The predicted molar refractivity (Wildman–Crippen MR) is 186 cm³/mol. The maximum Gasteiger partial charge on any atom is 0.162 e.